The first-order valence-corrected chi connectivity index (χ1v) is 9.83. The van der Waals surface area contributed by atoms with E-state index in [4.69, 9.17) is 18.6 Å². The normalized spacial score (nSPS) is 11.5. The fourth-order valence-corrected chi connectivity index (χ4v) is 2.96. The van der Waals surface area contributed by atoms with Gasteiger partial charge in [0.2, 0.25) is 0 Å². The number of aromatic nitrogens is 1. The van der Waals surface area contributed by atoms with Crippen molar-refractivity contribution in [2.45, 2.75) is 26.8 Å². The van der Waals surface area contributed by atoms with Crippen LogP contribution in [0.5, 0.6) is 0 Å². The third-order valence-corrected chi connectivity index (χ3v) is 4.15. The number of pyridine rings is 1. The quantitative estimate of drug-likeness (QED) is 0.591. The summed E-state index contributed by atoms with van der Waals surface area (Å²) in [5.74, 6) is 0. The van der Waals surface area contributed by atoms with Gasteiger partial charge in [-0.3, -0.25) is 0 Å². The predicted octanol–water partition coefficient (Wildman–Crippen LogP) is 1.64. The van der Waals surface area contributed by atoms with Crippen molar-refractivity contribution in [2.75, 3.05) is 0 Å². The maximum absolute atomic E-state index is 8.83. The van der Waals surface area contributed by atoms with Crippen LogP contribution >= 0.6 is 0 Å². The number of rotatable bonds is 4. The second-order valence-corrected chi connectivity index (χ2v) is 7.08. The van der Waals surface area contributed by atoms with Gasteiger partial charge < -0.3 is 0 Å². The van der Waals surface area contributed by atoms with Gasteiger partial charge in [0, 0.05) is 32.4 Å². The van der Waals surface area contributed by atoms with Gasteiger partial charge in [-0.2, -0.15) is 4.57 Å². The Kier molecular flexibility index (Phi) is 7.47. The number of halogens is 1. The fraction of sp³-hybridized carbons (Fsp3) is 0.190. The molecule has 2 aromatic carbocycles. The molecule has 0 amide bonds. The summed E-state index contributed by atoms with van der Waals surface area (Å²) in [7, 11) is -4.19. The Balaban J connectivity index is 0.000000465. The van der Waals surface area contributed by atoms with Crippen molar-refractivity contribution in [3.8, 4) is 11.1 Å². The second kappa shape index (κ2) is 9.60. The standard InChI is InChI=1S/C21H22N.ClH3O4/c1-17-15-21(20-11-7-4-8-12-20)16-18(2)22(17)14-13-19-9-5-3-6-10-19;2-1(3,4)5/h3-12,15-16H,13-14H2,1-2H3;2-4H/q+1;. The van der Waals surface area contributed by atoms with E-state index < -0.39 is 10.2 Å². The first-order valence-electron chi connectivity index (χ1n) is 8.50. The fourth-order valence-electron chi connectivity index (χ4n) is 2.96. The zero-order valence-corrected chi connectivity index (χ0v) is 16.2. The van der Waals surface area contributed by atoms with E-state index >= 15 is 0 Å². The molecule has 6 heteroatoms. The molecule has 144 valence electrons. The Hall–Kier alpha value is -2.28. The van der Waals surface area contributed by atoms with E-state index in [9.17, 15) is 0 Å². The molecule has 0 aliphatic carbocycles. The Labute approximate surface area is 161 Å². The summed E-state index contributed by atoms with van der Waals surface area (Å²) in [6, 6.07) is 25.8. The van der Waals surface area contributed by atoms with E-state index in [1.807, 2.05) is 0 Å². The summed E-state index contributed by atoms with van der Waals surface area (Å²) in [5.41, 5.74) is 6.60. The Bertz CT molecular complexity index is 820. The van der Waals surface area contributed by atoms with E-state index in [0.29, 0.717) is 0 Å². The third-order valence-electron chi connectivity index (χ3n) is 4.15. The number of nitrogens with zero attached hydrogens (tertiary/aromatic N) is 1. The molecule has 0 unspecified atom stereocenters. The van der Waals surface area contributed by atoms with Crippen molar-refractivity contribution < 1.29 is 33.4 Å². The SMILES string of the molecule is Cc1cc(-c2ccccc2)cc(C)[n+]1CCc1ccccc1.[O-][Cl+](O)(O)O. The molecule has 0 fully saturated rings. The minimum atomic E-state index is -4.19. The van der Waals surface area contributed by atoms with Gasteiger partial charge in [0.15, 0.2) is 17.9 Å². The summed E-state index contributed by atoms with van der Waals surface area (Å²) >= 11 is 0. The Morgan fingerprint density at radius 2 is 1.22 bits per heavy atom. The monoisotopic (exact) mass is 390 g/mol. The molecule has 27 heavy (non-hydrogen) atoms. The van der Waals surface area contributed by atoms with E-state index in [2.05, 4.69) is 91.2 Å². The van der Waals surface area contributed by atoms with Gasteiger partial charge >= 0.3 is 28.9 Å². The molecule has 3 aromatic rings. The number of benzene rings is 2. The van der Waals surface area contributed by atoms with Gasteiger partial charge in [-0.25, -0.2) is 0 Å². The first kappa shape index (κ1) is 21.0. The van der Waals surface area contributed by atoms with Crippen LogP contribution in [0.2, 0.25) is 0 Å². The molecule has 0 spiro atoms. The van der Waals surface area contributed by atoms with Gasteiger partial charge in [-0.05, 0) is 16.7 Å². The van der Waals surface area contributed by atoms with Crippen molar-refractivity contribution in [1.82, 2.24) is 0 Å². The average Bonchev–Trinajstić information content (AvgIpc) is 2.61. The molecular weight excluding hydrogens is 366 g/mol. The first-order chi connectivity index (χ1) is 12.7. The van der Waals surface area contributed by atoms with Gasteiger partial charge in [0.1, 0.15) is 0 Å². The predicted molar refractivity (Wildman–Crippen MR) is 98.3 cm³/mol. The summed E-state index contributed by atoms with van der Waals surface area (Å²) < 4.78 is 32.6. The van der Waals surface area contributed by atoms with Crippen LogP contribution in [-0.2, 0) is 13.0 Å². The van der Waals surface area contributed by atoms with E-state index in [0.717, 1.165) is 13.0 Å². The van der Waals surface area contributed by atoms with Crippen LogP contribution in [0.15, 0.2) is 72.8 Å². The summed E-state index contributed by atoms with van der Waals surface area (Å²) in [6.45, 7) is 5.42. The zero-order valence-electron chi connectivity index (χ0n) is 15.4. The third kappa shape index (κ3) is 7.46. The molecule has 0 aliphatic rings. The number of hydrogen-bond donors (Lipinski definition) is 3. The molecule has 0 aliphatic heterocycles. The summed E-state index contributed by atoms with van der Waals surface area (Å²) in [6.07, 6.45) is 1.07. The van der Waals surface area contributed by atoms with Crippen LogP contribution in [0.25, 0.3) is 11.1 Å². The van der Waals surface area contributed by atoms with Gasteiger partial charge in [-0.15, -0.1) is 0 Å². The van der Waals surface area contributed by atoms with Crippen molar-refractivity contribution in [2.24, 2.45) is 0 Å². The molecular formula is C21H25ClNO4+. The summed E-state index contributed by atoms with van der Waals surface area (Å²) in [5, 5.41) is 0. The molecule has 1 heterocycles. The van der Waals surface area contributed by atoms with Crippen LogP contribution in [0.4, 0.5) is 0 Å². The van der Waals surface area contributed by atoms with Crippen molar-refractivity contribution in [3.63, 3.8) is 0 Å². The molecule has 3 N–H and O–H groups in total. The zero-order chi connectivity index (χ0) is 19.9. The molecule has 1 aromatic heterocycles. The van der Waals surface area contributed by atoms with Crippen LogP contribution in [0.1, 0.15) is 17.0 Å². The molecule has 0 radical (unpaired) electrons. The number of aryl methyl sites for hydroxylation is 3. The molecule has 0 bridgehead atoms. The maximum atomic E-state index is 8.83. The van der Waals surface area contributed by atoms with Crippen molar-refractivity contribution in [1.29, 1.82) is 0 Å². The number of hydrogen-bond acceptors (Lipinski definition) is 4. The molecule has 0 saturated heterocycles. The van der Waals surface area contributed by atoms with Crippen LogP contribution in [0, 0.1) is 24.1 Å². The van der Waals surface area contributed by atoms with Crippen LogP contribution < -0.4 is 9.23 Å². The van der Waals surface area contributed by atoms with Crippen LogP contribution in [0.3, 0.4) is 0 Å². The minimum absolute atomic E-state index is 1.02. The van der Waals surface area contributed by atoms with Gasteiger partial charge in [-0.1, -0.05) is 60.7 Å². The van der Waals surface area contributed by atoms with E-state index in [1.54, 1.807) is 0 Å². The van der Waals surface area contributed by atoms with Crippen molar-refractivity contribution >= 4 is 0 Å². The summed E-state index contributed by atoms with van der Waals surface area (Å²) in [4.78, 5) is 0. The van der Waals surface area contributed by atoms with Gasteiger partial charge in [0.05, 0.1) is 0 Å². The van der Waals surface area contributed by atoms with Crippen molar-refractivity contribution in [3.05, 3.63) is 89.7 Å². The van der Waals surface area contributed by atoms with E-state index in [1.165, 1.54) is 28.1 Å². The Morgan fingerprint density at radius 1 is 0.778 bits per heavy atom. The second-order valence-electron chi connectivity index (χ2n) is 6.21. The van der Waals surface area contributed by atoms with E-state index in [-0.39, 0.29) is 0 Å². The molecule has 0 atom stereocenters. The molecule has 0 saturated carbocycles. The average molecular weight is 391 g/mol. The topological polar surface area (TPSA) is 87.6 Å². The van der Waals surface area contributed by atoms with Gasteiger partial charge in [0.25, 0.3) is 0 Å². The molecule has 5 nitrogen and oxygen atoms in total. The van der Waals surface area contributed by atoms with Crippen LogP contribution in [-0.4, -0.2) is 14.0 Å². The molecule has 3 rings (SSSR count). The Morgan fingerprint density at radius 3 is 1.70 bits per heavy atom.